The molecule has 7 heteroatoms. The molecule has 0 saturated carbocycles. The van der Waals surface area contributed by atoms with E-state index in [9.17, 15) is 4.79 Å². The molecule has 0 aliphatic carbocycles. The van der Waals surface area contributed by atoms with Gasteiger partial charge in [0.1, 0.15) is 5.01 Å². The van der Waals surface area contributed by atoms with Crippen molar-refractivity contribution in [2.75, 3.05) is 33.4 Å². The van der Waals surface area contributed by atoms with Crippen LogP contribution in [0.25, 0.3) is 10.6 Å². The number of methoxy groups -OCH3 is 1. The summed E-state index contributed by atoms with van der Waals surface area (Å²) in [5.41, 5.74) is 1.70. The fourth-order valence-corrected chi connectivity index (χ4v) is 4.43. The van der Waals surface area contributed by atoms with Crippen LogP contribution >= 0.6 is 22.9 Å². The number of thiazole rings is 1. The first-order valence-corrected chi connectivity index (χ1v) is 10.0. The quantitative estimate of drug-likeness (QED) is 0.758. The Morgan fingerprint density at radius 3 is 2.88 bits per heavy atom. The largest absolute Gasteiger partial charge is 0.384 e. The lowest BCUT2D eigenvalue weighted by atomic mass is 9.79. The molecule has 1 fully saturated rings. The van der Waals surface area contributed by atoms with Gasteiger partial charge in [0.15, 0.2) is 0 Å². The zero-order valence-corrected chi connectivity index (χ0v) is 16.5. The van der Waals surface area contributed by atoms with Gasteiger partial charge in [-0.25, -0.2) is 4.98 Å². The Morgan fingerprint density at radius 2 is 2.15 bits per heavy atom. The van der Waals surface area contributed by atoms with E-state index in [1.165, 1.54) is 11.3 Å². The van der Waals surface area contributed by atoms with Crippen molar-refractivity contribution >= 4 is 28.8 Å². The lowest BCUT2D eigenvalue weighted by Crippen LogP contribution is -2.47. The third-order valence-electron chi connectivity index (χ3n) is 4.77. The van der Waals surface area contributed by atoms with Crippen molar-refractivity contribution in [3.63, 3.8) is 0 Å². The average Bonchev–Trinajstić information content (AvgIpc) is 3.10. The van der Waals surface area contributed by atoms with E-state index in [-0.39, 0.29) is 17.7 Å². The maximum absolute atomic E-state index is 12.4. The van der Waals surface area contributed by atoms with Crippen LogP contribution in [0.1, 0.15) is 18.5 Å². The van der Waals surface area contributed by atoms with Crippen LogP contribution in [0.5, 0.6) is 0 Å². The summed E-state index contributed by atoms with van der Waals surface area (Å²) in [6, 6.07) is 7.61. The van der Waals surface area contributed by atoms with Crippen molar-refractivity contribution in [1.82, 2.24) is 15.6 Å². The number of benzene rings is 1. The Balaban J connectivity index is 1.58. The van der Waals surface area contributed by atoms with Gasteiger partial charge in [-0.15, -0.1) is 11.3 Å². The van der Waals surface area contributed by atoms with Crippen LogP contribution in [-0.4, -0.2) is 44.2 Å². The highest BCUT2D eigenvalue weighted by molar-refractivity contribution is 7.13. The van der Waals surface area contributed by atoms with Crippen LogP contribution in [0.2, 0.25) is 5.02 Å². The first kappa shape index (κ1) is 19.3. The summed E-state index contributed by atoms with van der Waals surface area (Å²) in [4.78, 5) is 17.0. The highest BCUT2D eigenvalue weighted by atomic mass is 35.5. The van der Waals surface area contributed by atoms with E-state index >= 15 is 0 Å². The van der Waals surface area contributed by atoms with Crippen LogP contribution in [-0.2, 0) is 16.0 Å². The normalized spacial score (nSPS) is 16.4. The molecule has 0 bridgehead atoms. The highest BCUT2D eigenvalue weighted by Crippen LogP contribution is 2.30. The summed E-state index contributed by atoms with van der Waals surface area (Å²) in [7, 11) is 1.72. The minimum atomic E-state index is -0.00461. The molecule has 2 N–H and O–H groups in total. The molecule has 3 rings (SSSR count). The number of hydrogen-bond donors (Lipinski definition) is 2. The molecule has 1 aliphatic rings. The lowest BCUT2D eigenvalue weighted by Gasteiger charge is -2.37. The van der Waals surface area contributed by atoms with Crippen molar-refractivity contribution in [1.29, 1.82) is 0 Å². The summed E-state index contributed by atoms with van der Waals surface area (Å²) in [6.07, 6.45) is 2.30. The molecule has 2 heterocycles. The molecule has 1 amide bonds. The Hall–Kier alpha value is -1.47. The maximum atomic E-state index is 12.4. The van der Waals surface area contributed by atoms with E-state index < -0.39 is 0 Å². The van der Waals surface area contributed by atoms with E-state index in [0.717, 1.165) is 42.2 Å². The second kappa shape index (κ2) is 8.95. The predicted molar refractivity (Wildman–Crippen MR) is 106 cm³/mol. The molecule has 5 nitrogen and oxygen atoms in total. The Bertz CT molecular complexity index is 738. The van der Waals surface area contributed by atoms with Crippen LogP contribution in [0.3, 0.4) is 0 Å². The molecule has 1 saturated heterocycles. The van der Waals surface area contributed by atoms with Crippen molar-refractivity contribution in [3.8, 4) is 10.6 Å². The lowest BCUT2D eigenvalue weighted by molar-refractivity contribution is -0.121. The zero-order chi connectivity index (χ0) is 18.4. The Labute approximate surface area is 163 Å². The van der Waals surface area contributed by atoms with Crippen molar-refractivity contribution in [3.05, 3.63) is 40.4 Å². The maximum Gasteiger partial charge on any atom is 0.226 e. The minimum Gasteiger partial charge on any atom is -0.384 e. The Kier molecular flexibility index (Phi) is 6.64. The molecular formula is C19H24ClN3O2S. The number of halogens is 1. The SMILES string of the molecule is COCC1(CNC(=O)Cc2csc(-c3ccccc3Cl)n2)CCNCC1. The van der Waals surface area contributed by atoms with Gasteiger partial charge in [-0.2, -0.15) is 0 Å². The predicted octanol–water partition coefficient (Wildman–Crippen LogP) is 3.14. The van der Waals surface area contributed by atoms with Crippen LogP contribution < -0.4 is 10.6 Å². The van der Waals surface area contributed by atoms with Crippen LogP contribution in [0.15, 0.2) is 29.6 Å². The second-order valence-electron chi connectivity index (χ2n) is 6.76. The third-order valence-corrected chi connectivity index (χ3v) is 6.03. The third kappa shape index (κ3) is 4.82. The second-order valence-corrected chi connectivity index (χ2v) is 8.03. The first-order valence-electron chi connectivity index (χ1n) is 8.78. The van der Waals surface area contributed by atoms with Crippen molar-refractivity contribution in [2.24, 2.45) is 5.41 Å². The molecule has 0 atom stereocenters. The smallest absolute Gasteiger partial charge is 0.226 e. The number of aromatic nitrogens is 1. The van der Waals surface area contributed by atoms with Gasteiger partial charge in [0.2, 0.25) is 5.91 Å². The summed E-state index contributed by atoms with van der Waals surface area (Å²) < 4.78 is 5.40. The molecule has 0 radical (unpaired) electrons. The number of hydrogen-bond acceptors (Lipinski definition) is 5. The molecule has 1 aliphatic heterocycles. The molecule has 2 aromatic rings. The average molecular weight is 394 g/mol. The van der Waals surface area contributed by atoms with Crippen molar-refractivity contribution < 1.29 is 9.53 Å². The van der Waals surface area contributed by atoms with E-state index in [1.54, 1.807) is 7.11 Å². The van der Waals surface area contributed by atoms with E-state index in [0.29, 0.717) is 18.2 Å². The summed E-state index contributed by atoms with van der Waals surface area (Å²) in [6.45, 7) is 3.24. The Morgan fingerprint density at radius 1 is 1.38 bits per heavy atom. The van der Waals surface area contributed by atoms with E-state index in [4.69, 9.17) is 16.3 Å². The number of amides is 1. The highest BCUT2D eigenvalue weighted by Gasteiger charge is 2.32. The monoisotopic (exact) mass is 393 g/mol. The number of rotatable bonds is 7. The zero-order valence-electron chi connectivity index (χ0n) is 14.9. The molecule has 0 spiro atoms. The number of ether oxygens (including phenoxy) is 1. The molecule has 1 aromatic heterocycles. The number of nitrogens with one attached hydrogen (secondary N) is 2. The summed E-state index contributed by atoms with van der Waals surface area (Å²) >= 11 is 7.73. The number of carbonyl (C=O) groups is 1. The first-order chi connectivity index (χ1) is 12.6. The van der Waals surface area contributed by atoms with Gasteiger partial charge in [-0.05, 0) is 32.0 Å². The fourth-order valence-electron chi connectivity index (χ4n) is 3.30. The van der Waals surface area contributed by atoms with Crippen LogP contribution in [0.4, 0.5) is 0 Å². The molecule has 140 valence electrons. The minimum absolute atomic E-state index is 0.00461. The standard InChI is InChI=1S/C19H24ClN3O2S/c1-25-13-19(6-8-21-9-7-19)12-22-17(24)10-14-11-26-18(23-14)15-4-2-3-5-16(15)20/h2-5,11,21H,6-10,12-13H2,1H3,(H,22,24). The van der Waals surface area contributed by atoms with Crippen LogP contribution in [0, 0.1) is 5.41 Å². The van der Waals surface area contributed by atoms with Gasteiger partial charge in [0.25, 0.3) is 0 Å². The molecule has 26 heavy (non-hydrogen) atoms. The van der Waals surface area contributed by atoms with E-state index in [1.807, 2.05) is 29.6 Å². The summed E-state index contributed by atoms with van der Waals surface area (Å²) in [5, 5.41) is 9.88. The van der Waals surface area contributed by atoms with Gasteiger partial charge in [-0.3, -0.25) is 4.79 Å². The number of piperidine rings is 1. The van der Waals surface area contributed by atoms with Gasteiger partial charge in [-0.1, -0.05) is 29.8 Å². The van der Waals surface area contributed by atoms with Gasteiger partial charge in [0.05, 0.1) is 23.7 Å². The van der Waals surface area contributed by atoms with Gasteiger partial charge >= 0.3 is 0 Å². The molecule has 0 unspecified atom stereocenters. The molecular weight excluding hydrogens is 370 g/mol. The topological polar surface area (TPSA) is 63.2 Å². The number of nitrogens with zero attached hydrogens (tertiary/aromatic N) is 1. The van der Waals surface area contributed by atoms with E-state index in [2.05, 4.69) is 15.6 Å². The molecule has 1 aromatic carbocycles. The van der Waals surface area contributed by atoms with Crippen molar-refractivity contribution in [2.45, 2.75) is 19.3 Å². The fraction of sp³-hybridized carbons (Fsp3) is 0.474. The number of carbonyl (C=O) groups excluding carboxylic acids is 1. The van der Waals surface area contributed by atoms with Gasteiger partial charge < -0.3 is 15.4 Å². The van der Waals surface area contributed by atoms with Gasteiger partial charge in [0, 0.05) is 30.0 Å². The summed E-state index contributed by atoms with van der Waals surface area (Å²) in [5.74, 6) is -0.00461.